The Bertz CT molecular complexity index is 627. The molecule has 1 N–H and O–H groups in total. The number of hydrogen-bond acceptors (Lipinski definition) is 3. The zero-order valence-electron chi connectivity index (χ0n) is 10.8. The molecular formula is C14H15NO4. The van der Waals surface area contributed by atoms with Crippen LogP contribution in [-0.4, -0.2) is 27.7 Å². The molecule has 0 amide bonds. The van der Waals surface area contributed by atoms with Gasteiger partial charge in [-0.15, -0.1) is 0 Å². The van der Waals surface area contributed by atoms with Crippen molar-refractivity contribution in [3.8, 4) is 0 Å². The summed E-state index contributed by atoms with van der Waals surface area (Å²) in [5.74, 6) is -1.32. The predicted octanol–water partition coefficient (Wildman–Crippen LogP) is 2.29. The normalized spacial score (nSPS) is 10.9. The highest BCUT2D eigenvalue weighted by Crippen LogP contribution is 2.20. The maximum Gasteiger partial charge on any atom is 0.336 e. The van der Waals surface area contributed by atoms with Crippen molar-refractivity contribution in [3.05, 3.63) is 36.0 Å². The van der Waals surface area contributed by atoms with Crippen molar-refractivity contribution in [3.63, 3.8) is 0 Å². The van der Waals surface area contributed by atoms with Crippen LogP contribution in [0, 0.1) is 0 Å². The van der Waals surface area contributed by atoms with E-state index in [0.29, 0.717) is 10.9 Å². The van der Waals surface area contributed by atoms with Gasteiger partial charge in [0.1, 0.15) is 6.54 Å². The van der Waals surface area contributed by atoms with Crippen molar-refractivity contribution in [2.24, 2.45) is 0 Å². The Balaban J connectivity index is 2.33. The Kier molecular flexibility index (Phi) is 3.55. The summed E-state index contributed by atoms with van der Waals surface area (Å²) in [7, 11) is 0. The number of aromatic nitrogens is 1. The van der Waals surface area contributed by atoms with Crippen LogP contribution in [0.3, 0.4) is 0 Å². The van der Waals surface area contributed by atoms with Gasteiger partial charge >= 0.3 is 11.9 Å². The van der Waals surface area contributed by atoms with Crippen molar-refractivity contribution in [2.75, 3.05) is 0 Å². The number of rotatable bonds is 4. The smallest absolute Gasteiger partial charge is 0.336 e. The fraction of sp³-hybridized carbons (Fsp3) is 0.286. The number of carbonyl (C=O) groups is 2. The molecule has 1 aromatic heterocycles. The molecule has 100 valence electrons. The fourth-order valence-corrected chi connectivity index (χ4v) is 1.99. The van der Waals surface area contributed by atoms with Crippen LogP contribution in [-0.2, 0) is 16.1 Å². The van der Waals surface area contributed by atoms with E-state index in [9.17, 15) is 9.59 Å². The minimum absolute atomic E-state index is 0.0742. The summed E-state index contributed by atoms with van der Waals surface area (Å²) in [4.78, 5) is 22.7. The van der Waals surface area contributed by atoms with Crippen LogP contribution >= 0.6 is 0 Å². The zero-order chi connectivity index (χ0) is 14.0. The van der Waals surface area contributed by atoms with Crippen LogP contribution in [0.15, 0.2) is 30.5 Å². The zero-order valence-corrected chi connectivity index (χ0v) is 10.8. The molecule has 0 unspecified atom stereocenters. The lowest BCUT2D eigenvalue weighted by Crippen LogP contribution is -2.17. The SMILES string of the molecule is CC(C)OC(=O)Cn1ccc2c(C(=O)O)cccc21. The van der Waals surface area contributed by atoms with Crippen molar-refractivity contribution >= 4 is 22.8 Å². The number of nitrogens with zero attached hydrogens (tertiary/aromatic N) is 1. The van der Waals surface area contributed by atoms with Crippen LogP contribution in [0.4, 0.5) is 0 Å². The second-order valence-electron chi connectivity index (χ2n) is 4.53. The Morgan fingerprint density at radius 3 is 2.68 bits per heavy atom. The lowest BCUT2D eigenvalue weighted by Gasteiger charge is -2.09. The quantitative estimate of drug-likeness (QED) is 0.857. The molecule has 5 heteroatoms. The number of carboxylic acids is 1. The molecule has 0 radical (unpaired) electrons. The third-order valence-electron chi connectivity index (χ3n) is 2.71. The summed E-state index contributed by atoms with van der Waals surface area (Å²) >= 11 is 0. The van der Waals surface area contributed by atoms with E-state index in [1.54, 1.807) is 48.9 Å². The third-order valence-corrected chi connectivity index (χ3v) is 2.71. The molecule has 0 saturated heterocycles. The Morgan fingerprint density at radius 2 is 2.05 bits per heavy atom. The van der Waals surface area contributed by atoms with Gasteiger partial charge in [-0.25, -0.2) is 4.79 Å². The molecule has 1 aromatic carbocycles. The number of fused-ring (bicyclic) bond motifs is 1. The number of esters is 1. The molecule has 0 fully saturated rings. The first-order chi connectivity index (χ1) is 8.99. The molecule has 0 atom stereocenters. The summed E-state index contributed by atoms with van der Waals surface area (Å²) < 4.78 is 6.76. The summed E-state index contributed by atoms with van der Waals surface area (Å²) in [6, 6.07) is 6.68. The Labute approximate surface area is 110 Å². The molecular weight excluding hydrogens is 246 g/mol. The number of hydrogen-bond donors (Lipinski definition) is 1. The van der Waals surface area contributed by atoms with E-state index in [-0.39, 0.29) is 24.2 Å². The number of benzene rings is 1. The van der Waals surface area contributed by atoms with Crippen molar-refractivity contribution in [1.29, 1.82) is 0 Å². The van der Waals surface area contributed by atoms with Crippen LogP contribution in [0.25, 0.3) is 10.9 Å². The first-order valence-corrected chi connectivity index (χ1v) is 5.99. The lowest BCUT2D eigenvalue weighted by molar-refractivity contribution is -0.148. The Hall–Kier alpha value is -2.30. The largest absolute Gasteiger partial charge is 0.478 e. The number of carbonyl (C=O) groups excluding carboxylic acids is 1. The van der Waals surface area contributed by atoms with Gasteiger partial charge in [0.25, 0.3) is 0 Å². The molecule has 0 aliphatic rings. The van der Waals surface area contributed by atoms with E-state index >= 15 is 0 Å². The third kappa shape index (κ3) is 2.76. The number of carboxylic acid groups (broad SMARTS) is 1. The number of aromatic carboxylic acids is 1. The second-order valence-corrected chi connectivity index (χ2v) is 4.53. The van der Waals surface area contributed by atoms with E-state index in [4.69, 9.17) is 9.84 Å². The molecule has 19 heavy (non-hydrogen) atoms. The highest BCUT2D eigenvalue weighted by atomic mass is 16.5. The molecule has 0 saturated carbocycles. The van der Waals surface area contributed by atoms with Crippen LogP contribution in [0.5, 0.6) is 0 Å². The average Bonchev–Trinajstić information content (AvgIpc) is 2.71. The molecule has 2 aromatic rings. The lowest BCUT2D eigenvalue weighted by atomic mass is 10.1. The van der Waals surface area contributed by atoms with Crippen molar-refractivity contribution in [1.82, 2.24) is 4.57 Å². The first kappa shape index (κ1) is 13.1. The highest BCUT2D eigenvalue weighted by molar-refractivity contribution is 6.03. The van der Waals surface area contributed by atoms with E-state index in [2.05, 4.69) is 0 Å². The van der Waals surface area contributed by atoms with Crippen molar-refractivity contribution in [2.45, 2.75) is 26.5 Å². The second kappa shape index (κ2) is 5.14. The molecule has 0 aliphatic heterocycles. The number of ether oxygens (including phenoxy) is 1. The maximum absolute atomic E-state index is 11.6. The van der Waals surface area contributed by atoms with Crippen LogP contribution in [0.1, 0.15) is 24.2 Å². The topological polar surface area (TPSA) is 68.5 Å². The van der Waals surface area contributed by atoms with Gasteiger partial charge in [-0.3, -0.25) is 4.79 Å². The van der Waals surface area contributed by atoms with Gasteiger partial charge in [0.05, 0.1) is 11.7 Å². The van der Waals surface area contributed by atoms with Gasteiger partial charge in [0.2, 0.25) is 0 Å². The minimum atomic E-state index is -0.979. The van der Waals surface area contributed by atoms with Gasteiger partial charge < -0.3 is 14.4 Å². The van der Waals surface area contributed by atoms with Gasteiger partial charge in [-0.05, 0) is 32.0 Å². The van der Waals surface area contributed by atoms with E-state index in [1.807, 2.05) is 0 Å². The molecule has 0 aliphatic carbocycles. The monoisotopic (exact) mass is 261 g/mol. The van der Waals surface area contributed by atoms with Crippen molar-refractivity contribution < 1.29 is 19.4 Å². The van der Waals surface area contributed by atoms with Crippen LogP contribution < -0.4 is 0 Å². The maximum atomic E-state index is 11.6. The van der Waals surface area contributed by atoms with Crippen LogP contribution in [0.2, 0.25) is 0 Å². The minimum Gasteiger partial charge on any atom is -0.478 e. The summed E-state index contributed by atoms with van der Waals surface area (Å²) in [5.41, 5.74) is 0.939. The fourth-order valence-electron chi connectivity index (χ4n) is 1.99. The molecule has 2 rings (SSSR count). The molecule has 0 spiro atoms. The van der Waals surface area contributed by atoms with Gasteiger partial charge in [0, 0.05) is 17.1 Å². The average molecular weight is 261 g/mol. The molecule has 5 nitrogen and oxygen atoms in total. The van der Waals surface area contributed by atoms with Gasteiger partial charge in [0.15, 0.2) is 0 Å². The predicted molar refractivity (Wildman–Crippen MR) is 70.1 cm³/mol. The Morgan fingerprint density at radius 1 is 1.32 bits per heavy atom. The summed E-state index contributed by atoms with van der Waals surface area (Å²) in [5, 5.41) is 9.71. The first-order valence-electron chi connectivity index (χ1n) is 5.99. The summed E-state index contributed by atoms with van der Waals surface area (Å²) in [6.45, 7) is 3.65. The standard InChI is InChI=1S/C14H15NO4/c1-9(2)19-13(16)8-15-7-6-10-11(14(17)18)4-3-5-12(10)15/h3-7,9H,8H2,1-2H3,(H,17,18). The van der Waals surface area contributed by atoms with E-state index < -0.39 is 5.97 Å². The molecule has 1 heterocycles. The highest BCUT2D eigenvalue weighted by Gasteiger charge is 2.13. The van der Waals surface area contributed by atoms with E-state index in [0.717, 1.165) is 0 Å². The van der Waals surface area contributed by atoms with Gasteiger partial charge in [-0.1, -0.05) is 6.07 Å². The summed E-state index contributed by atoms with van der Waals surface area (Å²) in [6.07, 6.45) is 1.53. The van der Waals surface area contributed by atoms with Gasteiger partial charge in [-0.2, -0.15) is 0 Å². The van der Waals surface area contributed by atoms with E-state index in [1.165, 1.54) is 0 Å². The molecule has 0 bridgehead atoms.